The van der Waals surface area contributed by atoms with Gasteiger partial charge in [0.05, 0.1) is 16.8 Å². The first-order valence-electron chi connectivity index (χ1n) is 7.74. The van der Waals surface area contributed by atoms with E-state index in [2.05, 4.69) is 28.3 Å². The van der Waals surface area contributed by atoms with E-state index in [1.165, 1.54) is 4.70 Å². The van der Waals surface area contributed by atoms with E-state index in [1.54, 1.807) is 11.3 Å². The largest absolute Gasteiger partial charge is 0.340 e. The number of hydrogen-bond acceptors (Lipinski definition) is 5. The van der Waals surface area contributed by atoms with Crippen molar-refractivity contribution in [1.82, 2.24) is 20.1 Å². The van der Waals surface area contributed by atoms with Crippen LogP contribution in [0.5, 0.6) is 0 Å². The number of carbonyl (C=O) groups excluding carboxylic acids is 1. The van der Waals surface area contributed by atoms with E-state index in [9.17, 15) is 4.79 Å². The van der Waals surface area contributed by atoms with Crippen LogP contribution in [0.25, 0.3) is 10.2 Å². The number of piperazine rings is 1. The van der Waals surface area contributed by atoms with Crippen LogP contribution in [0.3, 0.4) is 0 Å². The maximum atomic E-state index is 12.2. The van der Waals surface area contributed by atoms with Gasteiger partial charge in [-0.05, 0) is 19.2 Å². The summed E-state index contributed by atoms with van der Waals surface area (Å²) in [6.07, 6.45) is 0.585. The molecule has 1 saturated heterocycles. The van der Waals surface area contributed by atoms with Crippen molar-refractivity contribution in [2.24, 2.45) is 0 Å². The van der Waals surface area contributed by atoms with Gasteiger partial charge >= 0.3 is 0 Å². The monoisotopic (exact) mass is 318 g/mol. The van der Waals surface area contributed by atoms with Gasteiger partial charge in [0.15, 0.2) is 0 Å². The van der Waals surface area contributed by atoms with Crippen molar-refractivity contribution in [1.29, 1.82) is 0 Å². The molecule has 0 unspecified atom stereocenters. The lowest BCUT2D eigenvalue weighted by Gasteiger charge is -2.28. The van der Waals surface area contributed by atoms with E-state index in [4.69, 9.17) is 0 Å². The Hall–Kier alpha value is -1.50. The minimum atomic E-state index is 0.262. The molecule has 0 bridgehead atoms. The molecule has 1 amide bonds. The summed E-state index contributed by atoms with van der Waals surface area (Å²) in [4.78, 5) is 20.9. The maximum Gasteiger partial charge on any atom is 0.223 e. The molecule has 1 aromatic carbocycles. The molecule has 2 aromatic rings. The molecule has 1 aliphatic heterocycles. The highest BCUT2D eigenvalue weighted by molar-refractivity contribution is 7.18. The Balaban J connectivity index is 1.49. The molecule has 5 nitrogen and oxygen atoms in total. The number of benzene rings is 1. The maximum absolute atomic E-state index is 12.2. The number of amides is 1. The van der Waals surface area contributed by atoms with Crippen molar-refractivity contribution in [3.63, 3.8) is 0 Å². The summed E-state index contributed by atoms with van der Waals surface area (Å²) in [6, 6.07) is 8.20. The second kappa shape index (κ2) is 7.17. The van der Waals surface area contributed by atoms with Gasteiger partial charge in [-0.25, -0.2) is 4.98 Å². The molecule has 118 valence electrons. The summed E-state index contributed by atoms with van der Waals surface area (Å²) in [5.41, 5.74) is 1.06. The smallest absolute Gasteiger partial charge is 0.223 e. The van der Waals surface area contributed by atoms with Crippen LogP contribution in [-0.4, -0.2) is 60.5 Å². The topological polar surface area (TPSA) is 48.5 Å². The normalized spacial score (nSPS) is 15.6. The van der Waals surface area contributed by atoms with Gasteiger partial charge in [0.2, 0.25) is 5.91 Å². The number of aromatic nitrogens is 1. The predicted octanol–water partition coefficient (Wildman–Crippen LogP) is 1.55. The number of nitrogens with zero attached hydrogens (tertiary/aromatic N) is 3. The van der Waals surface area contributed by atoms with Crippen molar-refractivity contribution in [3.8, 4) is 0 Å². The Kier molecular flexibility index (Phi) is 5.02. The minimum Gasteiger partial charge on any atom is -0.340 e. The van der Waals surface area contributed by atoms with Gasteiger partial charge in [0.25, 0.3) is 0 Å². The summed E-state index contributed by atoms with van der Waals surface area (Å²) in [7, 11) is 2.05. The lowest BCUT2D eigenvalue weighted by atomic mass is 10.3. The molecule has 0 spiro atoms. The zero-order valence-electron chi connectivity index (χ0n) is 12.9. The van der Waals surface area contributed by atoms with Crippen molar-refractivity contribution in [2.45, 2.75) is 13.0 Å². The van der Waals surface area contributed by atoms with Gasteiger partial charge in [0, 0.05) is 39.1 Å². The summed E-state index contributed by atoms with van der Waals surface area (Å²) in [5, 5.41) is 4.38. The van der Waals surface area contributed by atoms with Gasteiger partial charge in [-0.1, -0.05) is 12.1 Å². The van der Waals surface area contributed by atoms with Gasteiger partial charge in [-0.2, -0.15) is 0 Å². The van der Waals surface area contributed by atoms with Crippen LogP contribution in [0, 0.1) is 0 Å². The fraction of sp³-hybridized carbons (Fsp3) is 0.500. The number of rotatable bonds is 5. The van der Waals surface area contributed by atoms with Crippen LogP contribution in [-0.2, 0) is 11.3 Å². The first kappa shape index (κ1) is 15.4. The van der Waals surface area contributed by atoms with Crippen molar-refractivity contribution in [3.05, 3.63) is 29.3 Å². The Labute approximate surface area is 134 Å². The van der Waals surface area contributed by atoms with Crippen LogP contribution in [0.4, 0.5) is 0 Å². The molecule has 0 radical (unpaired) electrons. The second-order valence-corrected chi connectivity index (χ2v) is 6.81. The molecule has 1 N–H and O–H groups in total. The lowest BCUT2D eigenvalue weighted by molar-refractivity contribution is -0.132. The number of hydrogen-bond donors (Lipinski definition) is 1. The Morgan fingerprint density at radius 3 is 2.91 bits per heavy atom. The number of fused-ring (bicyclic) bond motifs is 1. The molecule has 1 aromatic heterocycles. The Morgan fingerprint density at radius 2 is 2.14 bits per heavy atom. The highest BCUT2D eigenvalue weighted by Gasteiger charge is 2.16. The second-order valence-electron chi connectivity index (χ2n) is 5.69. The first-order chi connectivity index (χ1) is 10.7. The van der Waals surface area contributed by atoms with Crippen LogP contribution in [0.2, 0.25) is 0 Å². The molecule has 22 heavy (non-hydrogen) atoms. The van der Waals surface area contributed by atoms with E-state index in [0.717, 1.165) is 49.8 Å². The SMILES string of the molecule is CN(CCC(=O)N1CCNCC1)Cc1nc2ccccc2s1. The highest BCUT2D eigenvalue weighted by atomic mass is 32.1. The van der Waals surface area contributed by atoms with Crippen molar-refractivity contribution in [2.75, 3.05) is 39.8 Å². The highest BCUT2D eigenvalue weighted by Crippen LogP contribution is 2.22. The zero-order chi connectivity index (χ0) is 15.4. The fourth-order valence-electron chi connectivity index (χ4n) is 2.66. The number of thiazole rings is 1. The average Bonchev–Trinajstić information content (AvgIpc) is 2.95. The standard InChI is InChI=1S/C16H22N4OS/c1-19(9-6-16(21)20-10-7-17-8-11-20)12-15-18-13-4-2-3-5-14(13)22-15/h2-5,17H,6-12H2,1H3. The van der Waals surface area contributed by atoms with Gasteiger partial charge in [-0.3, -0.25) is 9.69 Å². The van der Waals surface area contributed by atoms with E-state index >= 15 is 0 Å². The molecule has 2 heterocycles. The lowest BCUT2D eigenvalue weighted by Crippen LogP contribution is -2.47. The Bertz CT molecular complexity index is 603. The molecular formula is C16H22N4OS. The van der Waals surface area contributed by atoms with Gasteiger partial charge in [0.1, 0.15) is 5.01 Å². The third-order valence-corrected chi connectivity index (χ3v) is 4.94. The van der Waals surface area contributed by atoms with Crippen LogP contribution < -0.4 is 5.32 Å². The van der Waals surface area contributed by atoms with Gasteiger partial charge in [-0.15, -0.1) is 11.3 Å². The summed E-state index contributed by atoms with van der Waals surface area (Å²) in [5.74, 6) is 0.262. The number of nitrogens with one attached hydrogen (secondary N) is 1. The van der Waals surface area contributed by atoms with E-state index in [-0.39, 0.29) is 5.91 Å². The third kappa shape index (κ3) is 3.82. The molecule has 3 rings (SSSR count). The van der Waals surface area contributed by atoms with Crippen LogP contribution in [0.15, 0.2) is 24.3 Å². The molecule has 1 aliphatic rings. The van der Waals surface area contributed by atoms with Crippen LogP contribution >= 0.6 is 11.3 Å². The molecule has 1 fully saturated rings. The van der Waals surface area contributed by atoms with Crippen molar-refractivity contribution >= 4 is 27.5 Å². The summed E-state index contributed by atoms with van der Waals surface area (Å²) >= 11 is 1.73. The molecule has 6 heteroatoms. The zero-order valence-corrected chi connectivity index (χ0v) is 13.7. The molecule has 0 saturated carbocycles. The third-order valence-electron chi connectivity index (χ3n) is 3.92. The fourth-order valence-corrected chi connectivity index (χ4v) is 3.70. The molecule has 0 aliphatic carbocycles. The summed E-state index contributed by atoms with van der Waals surface area (Å²) in [6.45, 7) is 5.06. The average molecular weight is 318 g/mol. The van der Waals surface area contributed by atoms with E-state index in [1.807, 2.05) is 23.1 Å². The first-order valence-corrected chi connectivity index (χ1v) is 8.55. The summed E-state index contributed by atoms with van der Waals surface area (Å²) < 4.78 is 1.22. The van der Waals surface area contributed by atoms with E-state index in [0.29, 0.717) is 6.42 Å². The minimum absolute atomic E-state index is 0.262. The molecular weight excluding hydrogens is 296 g/mol. The van der Waals surface area contributed by atoms with E-state index < -0.39 is 0 Å². The van der Waals surface area contributed by atoms with Crippen molar-refractivity contribution < 1.29 is 4.79 Å². The van der Waals surface area contributed by atoms with Crippen LogP contribution in [0.1, 0.15) is 11.4 Å². The number of para-hydroxylation sites is 1. The predicted molar refractivity (Wildman–Crippen MR) is 90.0 cm³/mol. The molecule has 0 atom stereocenters. The van der Waals surface area contributed by atoms with Gasteiger partial charge < -0.3 is 10.2 Å². The Morgan fingerprint density at radius 1 is 1.36 bits per heavy atom. The number of carbonyl (C=O) groups is 1. The quantitative estimate of drug-likeness (QED) is 0.909.